The number of carbonyl (C=O) groups excluding carboxylic acids is 1. The number of hydrogen-bond donors (Lipinski definition) is 1. The Bertz CT molecular complexity index is 484. The molecule has 12 heteroatoms. The van der Waals surface area contributed by atoms with E-state index in [2.05, 4.69) is 5.73 Å². The van der Waals surface area contributed by atoms with Crippen molar-refractivity contribution < 1.29 is 53.7 Å². The average Bonchev–Trinajstić information content (AvgIpc) is 1.98. The first kappa shape index (κ1) is 18.9. The minimum absolute atomic E-state index is 0. The van der Waals surface area contributed by atoms with E-state index in [1.165, 1.54) is 0 Å². The summed E-state index contributed by atoms with van der Waals surface area (Å²) < 4.78 is 76.9. The van der Waals surface area contributed by atoms with Crippen molar-refractivity contribution in [3.8, 4) is 0 Å². The van der Waals surface area contributed by atoms with Crippen molar-refractivity contribution in [2.45, 2.75) is 5.51 Å². The molecule has 2 N–H and O–H groups in total. The molecule has 0 bridgehead atoms. The maximum atomic E-state index is 11.9. The number of alkyl halides is 3. The number of carbonyl (C=O) groups is 1. The van der Waals surface area contributed by atoms with Gasteiger partial charge >= 0.3 is 24.4 Å². The van der Waals surface area contributed by atoms with Gasteiger partial charge in [-0.2, -0.15) is 13.2 Å². The zero-order valence-corrected chi connectivity index (χ0v) is 9.99. The number of amides is 1. The first-order valence-corrected chi connectivity index (χ1v) is 6.14. The number of primary amides is 1. The van der Waals surface area contributed by atoms with Crippen LogP contribution in [0.25, 0.3) is 0 Å². The van der Waals surface area contributed by atoms with Gasteiger partial charge in [0.25, 0.3) is 9.84 Å². The standard InChI is InChI=1S/C5H5F3NO5S2.Li/c6-5(7,8)16(13,14)2-3(4(9)10)1-15(11)12;/h2H,1H2,(H2,9,10);/q-1;+1. The maximum Gasteiger partial charge on any atom is 1.00 e. The van der Waals surface area contributed by atoms with Gasteiger partial charge in [-0.05, 0) is 5.75 Å². The van der Waals surface area contributed by atoms with E-state index in [1.54, 1.807) is 0 Å². The van der Waals surface area contributed by atoms with Crippen molar-refractivity contribution >= 4 is 26.4 Å². The molecule has 0 aliphatic carbocycles. The van der Waals surface area contributed by atoms with Crippen LogP contribution in [0.1, 0.15) is 0 Å². The van der Waals surface area contributed by atoms with Crippen molar-refractivity contribution in [2.75, 3.05) is 5.75 Å². The Labute approximate surface area is 108 Å². The van der Waals surface area contributed by atoms with Crippen LogP contribution < -0.4 is 24.6 Å². The molecule has 17 heavy (non-hydrogen) atoms. The summed E-state index contributed by atoms with van der Waals surface area (Å²) in [6.07, 6.45) is 0. The molecule has 0 spiro atoms. The molecule has 0 aliphatic rings. The summed E-state index contributed by atoms with van der Waals surface area (Å²) in [7, 11) is -8.65. The molecule has 1 amide bonds. The number of rotatable bonds is 4. The smallest absolute Gasteiger partial charge is 0.424 e. The van der Waals surface area contributed by atoms with Crippen LogP contribution in [0.3, 0.4) is 0 Å². The summed E-state index contributed by atoms with van der Waals surface area (Å²) in [5.74, 6) is -2.76. The zero-order valence-electron chi connectivity index (χ0n) is 8.35. The first-order valence-electron chi connectivity index (χ1n) is 3.35. The Hall–Kier alpha value is -0.503. The van der Waals surface area contributed by atoms with Gasteiger partial charge in [-0.15, -0.1) is 0 Å². The summed E-state index contributed by atoms with van der Waals surface area (Å²) in [6, 6.07) is 0. The van der Waals surface area contributed by atoms with Crippen LogP contribution in [0.5, 0.6) is 0 Å². The van der Waals surface area contributed by atoms with Gasteiger partial charge in [0.05, 0.1) is 0 Å². The van der Waals surface area contributed by atoms with Crippen molar-refractivity contribution in [3.05, 3.63) is 11.0 Å². The van der Waals surface area contributed by atoms with Crippen molar-refractivity contribution in [1.82, 2.24) is 0 Å². The Morgan fingerprint density at radius 1 is 1.29 bits per heavy atom. The third kappa shape index (κ3) is 6.11. The summed E-state index contributed by atoms with van der Waals surface area (Å²) in [5.41, 5.74) is -2.25. The molecule has 0 aliphatic heterocycles. The SMILES string of the molecule is NC(=O)C(=CS(=O)(=O)C(F)(F)F)C[S-](=O)=O.[Li+]. The summed E-state index contributed by atoms with van der Waals surface area (Å²) >= 11 is 0. The fourth-order valence-electron chi connectivity index (χ4n) is 0.544. The van der Waals surface area contributed by atoms with Gasteiger partial charge in [-0.25, -0.2) is 8.42 Å². The Kier molecular flexibility index (Phi) is 7.14. The van der Waals surface area contributed by atoms with E-state index in [1.807, 2.05) is 0 Å². The van der Waals surface area contributed by atoms with E-state index < -0.39 is 48.7 Å². The Morgan fingerprint density at radius 2 is 1.71 bits per heavy atom. The second-order valence-corrected chi connectivity index (χ2v) is 5.13. The predicted octanol–water partition coefficient (Wildman–Crippen LogP) is -3.40. The van der Waals surface area contributed by atoms with Crippen molar-refractivity contribution in [3.63, 3.8) is 0 Å². The molecule has 0 aromatic rings. The molecule has 0 saturated heterocycles. The molecule has 0 fully saturated rings. The quantitative estimate of drug-likeness (QED) is 0.329. The van der Waals surface area contributed by atoms with Gasteiger partial charge in [0, 0.05) is 11.0 Å². The topological polar surface area (TPSA) is 111 Å². The largest absolute Gasteiger partial charge is 1.00 e. The molecule has 6 nitrogen and oxygen atoms in total. The number of nitrogens with two attached hydrogens (primary N) is 1. The fraction of sp³-hybridized carbons (Fsp3) is 0.400. The predicted molar refractivity (Wildman–Crippen MR) is 45.9 cm³/mol. The second kappa shape index (κ2) is 6.44. The minimum atomic E-state index is -5.72. The Balaban J connectivity index is 0. The molecule has 0 atom stereocenters. The molecule has 94 valence electrons. The van der Waals surface area contributed by atoms with Gasteiger partial charge in [0.1, 0.15) is 0 Å². The van der Waals surface area contributed by atoms with Gasteiger partial charge in [-0.1, -0.05) is 10.7 Å². The third-order valence-corrected chi connectivity index (χ3v) is 3.00. The number of hydrogen-bond acceptors (Lipinski definition) is 6. The molecular weight excluding hydrogens is 282 g/mol. The van der Waals surface area contributed by atoms with Gasteiger partial charge in [-0.3, -0.25) is 4.79 Å². The minimum Gasteiger partial charge on any atom is -0.424 e. The van der Waals surface area contributed by atoms with Gasteiger partial charge in [0.15, 0.2) is 0 Å². The van der Waals surface area contributed by atoms with Crippen molar-refractivity contribution in [2.24, 2.45) is 5.73 Å². The van der Waals surface area contributed by atoms with E-state index in [0.29, 0.717) is 0 Å². The number of sulfone groups is 1. The second-order valence-electron chi connectivity index (χ2n) is 2.45. The van der Waals surface area contributed by atoms with Gasteiger partial charge in [0.2, 0.25) is 5.91 Å². The maximum absolute atomic E-state index is 11.9. The molecule has 0 aromatic heterocycles. The van der Waals surface area contributed by atoms with E-state index in [4.69, 9.17) is 0 Å². The van der Waals surface area contributed by atoms with Gasteiger partial charge < -0.3 is 14.2 Å². The van der Waals surface area contributed by atoms with Crippen LogP contribution in [-0.2, 0) is 33.8 Å². The molecule has 0 saturated carbocycles. The number of halogens is 3. The van der Waals surface area contributed by atoms with E-state index in [-0.39, 0.29) is 18.9 Å². The molecule has 0 aromatic carbocycles. The van der Waals surface area contributed by atoms with Crippen LogP contribution in [-0.4, -0.2) is 25.6 Å². The zero-order chi connectivity index (χ0) is 13.1. The van der Waals surface area contributed by atoms with Crippen LogP contribution in [0.4, 0.5) is 13.2 Å². The molecule has 0 radical (unpaired) electrons. The third-order valence-electron chi connectivity index (χ3n) is 1.21. The average molecular weight is 287 g/mol. The Morgan fingerprint density at radius 3 is 1.94 bits per heavy atom. The van der Waals surface area contributed by atoms with E-state index in [9.17, 15) is 34.8 Å². The normalized spacial score (nSPS) is 13.3. The fourth-order valence-corrected chi connectivity index (χ4v) is 1.84. The molecule has 0 heterocycles. The summed E-state index contributed by atoms with van der Waals surface area (Å²) in [4.78, 5) is 10.5. The molecule has 0 unspecified atom stereocenters. The summed E-state index contributed by atoms with van der Waals surface area (Å²) in [5, 5.41) is -0.495. The van der Waals surface area contributed by atoms with E-state index in [0.717, 1.165) is 0 Å². The molecule has 0 rings (SSSR count). The first-order chi connectivity index (χ1) is 6.97. The van der Waals surface area contributed by atoms with Crippen LogP contribution in [0.2, 0.25) is 0 Å². The van der Waals surface area contributed by atoms with E-state index >= 15 is 0 Å². The molecular formula is C5H5F3LiNO5S2. The van der Waals surface area contributed by atoms with Crippen LogP contribution >= 0.6 is 0 Å². The van der Waals surface area contributed by atoms with Crippen LogP contribution in [0, 0.1) is 0 Å². The van der Waals surface area contributed by atoms with Crippen molar-refractivity contribution in [1.29, 1.82) is 0 Å². The van der Waals surface area contributed by atoms with Crippen LogP contribution in [0.15, 0.2) is 11.0 Å². The summed E-state index contributed by atoms with van der Waals surface area (Å²) in [6.45, 7) is 0. The monoisotopic (exact) mass is 287 g/mol.